The van der Waals surface area contributed by atoms with Crippen LogP contribution in [0.5, 0.6) is 5.75 Å². The normalized spacial score (nSPS) is 13.1. The number of ether oxygens (including phenoxy) is 1. The summed E-state index contributed by atoms with van der Waals surface area (Å²) in [6, 6.07) is 14.6. The van der Waals surface area contributed by atoms with Crippen LogP contribution in [0.2, 0.25) is 0 Å². The lowest BCUT2D eigenvalue weighted by atomic mass is 10.0. The molecule has 110 valence electrons. The summed E-state index contributed by atoms with van der Waals surface area (Å²) in [5, 5.41) is 11.6. The number of rotatable bonds is 2. The number of aromatic nitrogens is 3. The highest BCUT2D eigenvalue weighted by molar-refractivity contribution is 5.67. The molecule has 0 radical (unpaired) electrons. The number of hydrogen-bond donors (Lipinski definition) is 1. The topological polar surface area (TPSA) is 52.0 Å². The van der Waals surface area contributed by atoms with Crippen LogP contribution in [0.15, 0.2) is 48.7 Å². The van der Waals surface area contributed by atoms with Gasteiger partial charge in [0.25, 0.3) is 0 Å². The van der Waals surface area contributed by atoms with Crippen molar-refractivity contribution in [2.45, 2.75) is 13.1 Å². The van der Waals surface area contributed by atoms with Crippen LogP contribution in [0.25, 0.3) is 16.8 Å². The molecule has 5 nitrogen and oxygen atoms in total. The van der Waals surface area contributed by atoms with Crippen LogP contribution in [0, 0.1) is 0 Å². The Hall–Kier alpha value is -2.66. The van der Waals surface area contributed by atoms with Crippen LogP contribution < -0.4 is 10.1 Å². The molecule has 0 bridgehead atoms. The molecule has 0 saturated heterocycles. The number of fused-ring (bicyclic) bond motifs is 3. The summed E-state index contributed by atoms with van der Waals surface area (Å²) >= 11 is 0. The van der Waals surface area contributed by atoms with Crippen LogP contribution in [-0.2, 0) is 13.1 Å². The lowest BCUT2D eigenvalue weighted by Crippen LogP contribution is -2.10. The van der Waals surface area contributed by atoms with Gasteiger partial charge in [0.2, 0.25) is 0 Å². The number of hydrogen-bond acceptors (Lipinski definition) is 4. The monoisotopic (exact) mass is 292 g/mol. The van der Waals surface area contributed by atoms with Crippen molar-refractivity contribution in [1.29, 1.82) is 0 Å². The Morgan fingerprint density at radius 2 is 1.86 bits per heavy atom. The molecule has 0 fully saturated rings. The Bertz CT molecular complexity index is 808. The molecule has 0 unspecified atom stereocenters. The number of nitrogens with one attached hydrogen (secondary N) is 1. The van der Waals surface area contributed by atoms with Crippen molar-refractivity contribution >= 4 is 0 Å². The smallest absolute Gasteiger partial charge is 0.118 e. The molecule has 3 aromatic rings. The van der Waals surface area contributed by atoms with E-state index in [0.717, 1.165) is 30.2 Å². The summed E-state index contributed by atoms with van der Waals surface area (Å²) in [6.45, 7) is 1.60. The summed E-state index contributed by atoms with van der Waals surface area (Å²) < 4.78 is 7.12. The van der Waals surface area contributed by atoms with Crippen LogP contribution >= 0.6 is 0 Å². The molecule has 1 aromatic heterocycles. The predicted molar refractivity (Wildman–Crippen MR) is 83.9 cm³/mol. The molecule has 4 rings (SSSR count). The van der Waals surface area contributed by atoms with Gasteiger partial charge in [0.15, 0.2) is 0 Å². The van der Waals surface area contributed by atoms with E-state index in [9.17, 15) is 0 Å². The van der Waals surface area contributed by atoms with E-state index in [1.807, 2.05) is 16.8 Å². The fourth-order valence-electron chi connectivity index (χ4n) is 2.80. The van der Waals surface area contributed by atoms with Crippen molar-refractivity contribution in [3.8, 4) is 22.6 Å². The molecule has 0 spiro atoms. The van der Waals surface area contributed by atoms with E-state index in [1.54, 1.807) is 13.3 Å². The third-order valence-corrected chi connectivity index (χ3v) is 3.97. The number of methoxy groups -OCH3 is 1. The highest BCUT2D eigenvalue weighted by Gasteiger charge is 2.15. The molecule has 2 aromatic carbocycles. The van der Waals surface area contributed by atoms with Gasteiger partial charge in [-0.15, -0.1) is 5.10 Å². The third kappa shape index (κ3) is 2.16. The van der Waals surface area contributed by atoms with Gasteiger partial charge in [0, 0.05) is 13.1 Å². The summed E-state index contributed by atoms with van der Waals surface area (Å²) in [5.41, 5.74) is 5.75. The number of nitrogens with zero attached hydrogens (tertiary/aromatic N) is 3. The van der Waals surface area contributed by atoms with Gasteiger partial charge in [0.05, 0.1) is 24.7 Å². The van der Waals surface area contributed by atoms with Crippen LogP contribution in [0.1, 0.15) is 11.3 Å². The van der Waals surface area contributed by atoms with E-state index in [-0.39, 0.29) is 0 Å². The molecule has 1 aliphatic heterocycles. The summed E-state index contributed by atoms with van der Waals surface area (Å²) in [7, 11) is 1.68. The Balaban J connectivity index is 1.77. The summed E-state index contributed by atoms with van der Waals surface area (Å²) in [6.07, 6.45) is 1.81. The Morgan fingerprint density at radius 3 is 2.68 bits per heavy atom. The average molecular weight is 292 g/mol. The van der Waals surface area contributed by atoms with Crippen molar-refractivity contribution in [2.75, 3.05) is 7.11 Å². The zero-order valence-electron chi connectivity index (χ0n) is 12.3. The molecule has 5 heteroatoms. The summed E-state index contributed by atoms with van der Waals surface area (Å²) in [5.74, 6) is 0.868. The van der Waals surface area contributed by atoms with Gasteiger partial charge in [0.1, 0.15) is 5.75 Å². The first-order chi connectivity index (χ1) is 10.8. The quantitative estimate of drug-likeness (QED) is 0.788. The zero-order valence-corrected chi connectivity index (χ0v) is 12.3. The molecule has 0 amide bonds. The van der Waals surface area contributed by atoms with Gasteiger partial charge in [-0.3, -0.25) is 0 Å². The second-order valence-corrected chi connectivity index (χ2v) is 5.31. The van der Waals surface area contributed by atoms with Crippen LogP contribution in [-0.4, -0.2) is 22.1 Å². The fraction of sp³-hybridized carbons (Fsp3) is 0.176. The molecular formula is C17H16N4O. The van der Waals surface area contributed by atoms with Gasteiger partial charge in [-0.25, -0.2) is 4.68 Å². The highest BCUT2D eigenvalue weighted by atomic mass is 16.5. The maximum Gasteiger partial charge on any atom is 0.118 e. The van der Waals surface area contributed by atoms with Crippen molar-refractivity contribution in [1.82, 2.24) is 20.3 Å². The SMILES string of the molecule is COc1ccc(-c2ccc3c(c2)CNCc2cnnn2-3)cc1. The van der Waals surface area contributed by atoms with Crippen molar-refractivity contribution in [2.24, 2.45) is 0 Å². The minimum atomic E-state index is 0.777. The fourth-order valence-corrected chi connectivity index (χ4v) is 2.80. The van der Waals surface area contributed by atoms with Gasteiger partial charge in [-0.05, 0) is 41.0 Å². The maximum absolute atomic E-state index is 5.21. The van der Waals surface area contributed by atoms with Crippen molar-refractivity contribution in [3.05, 3.63) is 59.9 Å². The van der Waals surface area contributed by atoms with E-state index in [1.165, 1.54) is 16.7 Å². The molecule has 1 N–H and O–H groups in total. The van der Waals surface area contributed by atoms with Gasteiger partial charge in [-0.2, -0.15) is 0 Å². The first-order valence-electron chi connectivity index (χ1n) is 7.23. The van der Waals surface area contributed by atoms with E-state index in [2.05, 4.69) is 46.0 Å². The molecule has 22 heavy (non-hydrogen) atoms. The molecule has 1 aliphatic rings. The Morgan fingerprint density at radius 1 is 1.05 bits per heavy atom. The Kier molecular flexibility index (Phi) is 3.12. The molecule has 0 aliphatic carbocycles. The average Bonchev–Trinajstić information content (AvgIpc) is 2.96. The zero-order chi connectivity index (χ0) is 14.9. The summed E-state index contributed by atoms with van der Waals surface area (Å²) in [4.78, 5) is 0. The maximum atomic E-state index is 5.21. The standard InChI is InChI=1S/C17H16N4O/c1-22-16-5-2-12(3-6-16)13-4-7-17-14(8-13)9-18-10-15-11-19-20-21(15)17/h2-8,11,18H,9-10H2,1H3. The lowest BCUT2D eigenvalue weighted by molar-refractivity contribution is 0.415. The lowest BCUT2D eigenvalue weighted by Gasteiger charge is -2.10. The van der Waals surface area contributed by atoms with Gasteiger partial charge >= 0.3 is 0 Å². The van der Waals surface area contributed by atoms with Gasteiger partial charge < -0.3 is 10.1 Å². The number of benzene rings is 2. The second kappa shape index (κ2) is 5.27. The first-order valence-corrected chi connectivity index (χ1v) is 7.23. The molecule has 0 saturated carbocycles. The van der Waals surface area contributed by atoms with E-state index in [0.29, 0.717) is 0 Å². The third-order valence-electron chi connectivity index (χ3n) is 3.97. The molecular weight excluding hydrogens is 276 g/mol. The van der Waals surface area contributed by atoms with Crippen molar-refractivity contribution in [3.63, 3.8) is 0 Å². The van der Waals surface area contributed by atoms with Gasteiger partial charge in [-0.1, -0.05) is 23.4 Å². The van der Waals surface area contributed by atoms with E-state index < -0.39 is 0 Å². The van der Waals surface area contributed by atoms with Crippen LogP contribution in [0.4, 0.5) is 0 Å². The van der Waals surface area contributed by atoms with E-state index >= 15 is 0 Å². The first kappa shape index (κ1) is 13.0. The minimum absolute atomic E-state index is 0.777. The van der Waals surface area contributed by atoms with Crippen molar-refractivity contribution < 1.29 is 4.74 Å². The highest BCUT2D eigenvalue weighted by Crippen LogP contribution is 2.27. The predicted octanol–water partition coefficient (Wildman–Crippen LogP) is 2.55. The second-order valence-electron chi connectivity index (χ2n) is 5.31. The molecule has 0 atom stereocenters. The Labute approximate surface area is 128 Å². The largest absolute Gasteiger partial charge is 0.497 e. The minimum Gasteiger partial charge on any atom is -0.497 e. The van der Waals surface area contributed by atoms with E-state index in [4.69, 9.17) is 4.74 Å². The molecule has 2 heterocycles. The van der Waals surface area contributed by atoms with Crippen LogP contribution in [0.3, 0.4) is 0 Å².